The SMILES string of the molecule is Cc1nc2ccccn2c1C(=O)N(CCCN1CCOCC1)c1nc2c(C)c(Cl)ccc2s1.Cl. The van der Waals surface area contributed by atoms with Crippen molar-refractivity contribution in [1.29, 1.82) is 0 Å². The van der Waals surface area contributed by atoms with Crippen LogP contribution < -0.4 is 4.90 Å². The molecule has 3 aromatic heterocycles. The van der Waals surface area contributed by atoms with Gasteiger partial charge in [0.25, 0.3) is 5.91 Å². The number of hydrogen-bond donors (Lipinski definition) is 0. The molecule has 1 saturated heterocycles. The van der Waals surface area contributed by atoms with Crippen LogP contribution in [0.2, 0.25) is 5.02 Å². The molecule has 4 heterocycles. The van der Waals surface area contributed by atoms with E-state index in [9.17, 15) is 4.79 Å². The van der Waals surface area contributed by atoms with Gasteiger partial charge in [0, 0.05) is 37.4 Å². The quantitative estimate of drug-likeness (QED) is 0.358. The minimum atomic E-state index is -0.0871. The highest BCUT2D eigenvalue weighted by molar-refractivity contribution is 7.22. The van der Waals surface area contributed by atoms with Gasteiger partial charge in [-0.25, -0.2) is 9.97 Å². The summed E-state index contributed by atoms with van der Waals surface area (Å²) in [7, 11) is 0. The van der Waals surface area contributed by atoms with Crippen molar-refractivity contribution >= 4 is 62.2 Å². The molecule has 0 N–H and O–H groups in total. The molecule has 0 unspecified atom stereocenters. The summed E-state index contributed by atoms with van der Waals surface area (Å²) in [6.45, 7) is 8.72. The number of benzene rings is 1. The van der Waals surface area contributed by atoms with Crippen molar-refractivity contribution in [3.8, 4) is 0 Å². The molecule has 0 bridgehead atoms. The van der Waals surface area contributed by atoms with Crippen molar-refractivity contribution in [3.05, 3.63) is 58.5 Å². The number of carbonyl (C=O) groups excluding carboxylic acids is 1. The van der Waals surface area contributed by atoms with Crippen LogP contribution in [0.15, 0.2) is 36.5 Å². The molecule has 1 fully saturated rings. The number of rotatable bonds is 6. The summed E-state index contributed by atoms with van der Waals surface area (Å²) in [5, 5.41) is 1.37. The van der Waals surface area contributed by atoms with Gasteiger partial charge in [0.05, 0.1) is 29.1 Å². The number of amides is 1. The molecule has 0 atom stereocenters. The van der Waals surface area contributed by atoms with Crippen LogP contribution in [0, 0.1) is 13.8 Å². The molecule has 1 aliphatic heterocycles. The number of imidazole rings is 1. The Morgan fingerprint density at radius 3 is 2.76 bits per heavy atom. The monoisotopic (exact) mass is 519 g/mol. The molecule has 4 aromatic rings. The van der Waals surface area contributed by atoms with E-state index in [1.54, 1.807) is 0 Å². The number of aromatic nitrogens is 3. The fraction of sp³-hybridized carbons (Fsp3) is 0.375. The van der Waals surface area contributed by atoms with Gasteiger partial charge in [0.15, 0.2) is 5.13 Å². The van der Waals surface area contributed by atoms with Crippen LogP contribution in [0.5, 0.6) is 0 Å². The summed E-state index contributed by atoms with van der Waals surface area (Å²) >= 11 is 7.86. The minimum Gasteiger partial charge on any atom is -0.379 e. The molecular weight excluding hydrogens is 493 g/mol. The highest BCUT2D eigenvalue weighted by atomic mass is 35.5. The summed E-state index contributed by atoms with van der Waals surface area (Å²) in [6, 6.07) is 9.62. The van der Waals surface area contributed by atoms with Crippen LogP contribution in [-0.4, -0.2) is 64.6 Å². The maximum absolute atomic E-state index is 13.9. The van der Waals surface area contributed by atoms with E-state index in [1.807, 2.05) is 59.7 Å². The van der Waals surface area contributed by atoms with E-state index in [1.165, 1.54) is 11.3 Å². The van der Waals surface area contributed by atoms with Crippen molar-refractivity contribution in [2.75, 3.05) is 44.3 Å². The molecular formula is C24H27Cl2N5O2S. The second kappa shape index (κ2) is 10.6. The van der Waals surface area contributed by atoms with E-state index in [2.05, 4.69) is 9.88 Å². The molecule has 0 saturated carbocycles. The Kier molecular flexibility index (Phi) is 7.74. The Hall–Kier alpha value is -2.23. The van der Waals surface area contributed by atoms with Gasteiger partial charge in [0.1, 0.15) is 11.3 Å². The summed E-state index contributed by atoms with van der Waals surface area (Å²) in [5.74, 6) is -0.0871. The molecule has 1 aliphatic rings. The lowest BCUT2D eigenvalue weighted by Crippen LogP contribution is -2.39. The van der Waals surface area contributed by atoms with E-state index in [0.29, 0.717) is 28.1 Å². The Morgan fingerprint density at radius 1 is 1.18 bits per heavy atom. The molecule has 7 nitrogen and oxygen atoms in total. The topological polar surface area (TPSA) is 63.0 Å². The Morgan fingerprint density at radius 2 is 1.97 bits per heavy atom. The third-order valence-electron chi connectivity index (χ3n) is 6.08. The number of nitrogens with zero attached hydrogens (tertiary/aromatic N) is 5. The summed E-state index contributed by atoms with van der Waals surface area (Å²) in [6.07, 6.45) is 2.73. The lowest BCUT2D eigenvalue weighted by Gasteiger charge is -2.27. The van der Waals surface area contributed by atoms with E-state index < -0.39 is 0 Å². The summed E-state index contributed by atoms with van der Waals surface area (Å²) in [4.78, 5) is 27.6. The van der Waals surface area contributed by atoms with Gasteiger partial charge < -0.3 is 4.74 Å². The Labute approximate surface area is 213 Å². The Bertz CT molecular complexity index is 1320. The second-order valence-electron chi connectivity index (χ2n) is 8.25. The number of morpholine rings is 1. The number of carbonyl (C=O) groups is 1. The first-order chi connectivity index (χ1) is 16.0. The number of halogens is 2. The van der Waals surface area contributed by atoms with Crippen LogP contribution >= 0.6 is 35.3 Å². The first-order valence-electron chi connectivity index (χ1n) is 11.1. The molecule has 180 valence electrons. The van der Waals surface area contributed by atoms with E-state index in [4.69, 9.17) is 21.3 Å². The van der Waals surface area contributed by atoms with Crippen molar-refractivity contribution in [3.63, 3.8) is 0 Å². The lowest BCUT2D eigenvalue weighted by atomic mass is 10.2. The maximum Gasteiger partial charge on any atom is 0.278 e. The first kappa shape index (κ1) is 24.9. The molecule has 1 amide bonds. The number of fused-ring (bicyclic) bond motifs is 2. The molecule has 10 heteroatoms. The van der Waals surface area contributed by atoms with Crippen molar-refractivity contribution in [1.82, 2.24) is 19.3 Å². The van der Waals surface area contributed by atoms with Gasteiger partial charge in [-0.15, -0.1) is 12.4 Å². The van der Waals surface area contributed by atoms with Crippen molar-refractivity contribution in [2.45, 2.75) is 20.3 Å². The standard InChI is InChI=1S/C24H26ClN5O2S.ClH/c1-16-18(25)7-8-19-21(16)27-24(33-19)30(11-5-9-28-12-14-32-15-13-28)23(31)22-17(2)26-20-6-3-4-10-29(20)22;/h3-4,6-8,10H,5,9,11-15H2,1-2H3;1H. The van der Waals surface area contributed by atoms with Crippen LogP contribution in [0.3, 0.4) is 0 Å². The zero-order chi connectivity index (χ0) is 22.9. The van der Waals surface area contributed by atoms with Gasteiger partial charge in [-0.05, 0) is 50.1 Å². The average Bonchev–Trinajstić information content (AvgIpc) is 3.40. The average molecular weight is 520 g/mol. The number of hydrogen-bond acceptors (Lipinski definition) is 6. The van der Waals surface area contributed by atoms with Crippen LogP contribution in [0.1, 0.15) is 28.2 Å². The van der Waals surface area contributed by atoms with Gasteiger partial charge in [-0.3, -0.25) is 19.0 Å². The predicted octanol–water partition coefficient (Wildman–Crippen LogP) is 5.01. The van der Waals surface area contributed by atoms with Crippen molar-refractivity contribution in [2.24, 2.45) is 0 Å². The first-order valence-corrected chi connectivity index (χ1v) is 12.3. The predicted molar refractivity (Wildman–Crippen MR) is 140 cm³/mol. The Balaban J connectivity index is 0.00000274. The second-order valence-corrected chi connectivity index (χ2v) is 9.67. The minimum absolute atomic E-state index is 0. The third kappa shape index (κ3) is 4.78. The van der Waals surface area contributed by atoms with Gasteiger partial charge in [0.2, 0.25) is 0 Å². The fourth-order valence-electron chi connectivity index (χ4n) is 4.26. The lowest BCUT2D eigenvalue weighted by molar-refractivity contribution is 0.0376. The molecule has 5 rings (SSSR count). The maximum atomic E-state index is 13.9. The molecule has 0 aliphatic carbocycles. The molecule has 1 aromatic carbocycles. The van der Waals surface area contributed by atoms with E-state index in [0.717, 1.165) is 60.7 Å². The zero-order valence-electron chi connectivity index (χ0n) is 19.2. The zero-order valence-corrected chi connectivity index (χ0v) is 21.5. The number of pyridine rings is 1. The molecule has 0 spiro atoms. The molecule has 0 radical (unpaired) electrons. The normalized spacial score (nSPS) is 14.4. The highest BCUT2D eigenvalue weighted by Gasteiger charge is 2.26. The van der Waals surface area contributed by atoms with Crippen molar-refractivity contribution < 1.29 is 9.53 Å². The van der Waals surface area contributed by atoms with Gasteiger partial charge in [-0.1, -0.05) is 29.0 Å². The number of ether oxygens (including phenoxy) is 1. The summed E-state index contributed by atoms with van der Waals surface area (Å²) in [5.41, 5.74) is 3.83. The summed E-state index contributed by atoms with van der Waals surface area (Å²) < 4.78 is 8.34. The third-order valence-corrected chi connectivity index (χ3v) is 7.53. The highest BCUT2D eigenvalue weighted by Crippen LogP contribution is 2.34. The van der Waals surface area contributed by atoms with E-state index >= 15 is 0 Å². The number of thiazole rings is 1. The van der Waals surface area contributed by atoms with Gasteiger partial charge >= 0.3 is 0 Å². The molecule has 34 heavy (non-hydrogen) atoms. The fourth-order valence-corrected chi connectivity index (χ4v) is 5.47. The number of anilines is 1. The number of aryl methyl sites for hydroxylation is 2. The van der Waals surface area contributed by atoms with Crippen LogP contribution in [-0.2, 0) is 4.74 Å². The van der Waals surface area contributed by atoms with Crippen LogP contribution in [0.25, 0.3) is 15.9 Å². The largest absolute Gasteiger partial charge is 0.379 e. The van der Waals surface area contributed by atoms with Gasteiger partial charge in [-0.2, -0.15) is 0 Å². The smallest absolute Gasteiger partial charge is 0.278 e. The van der Waals surface area contributed by atoms with Crippen LogP contribution in [0.4, 0.5) is 5.13 Å². The van der Waals surface area contributed by atoms with E-state index in [-0.39, 0.29) is 18.3 Å².